The van der Waals surface area contributed by atoms with Gasteiger partial charge in [-0.05, 0) is 49.1 Å². The first-order chi connectivity index (χ1) is 13.1. The summed E-state index contributed by atoms with van der Waals surface area (Å²) in [6.07, 6.45) is 8.19. The SMILES string of the molecule is Cn1cc(-c2ccncc2)c([C@H]2CCCCN2C(=O)c2ccccc2F)n1. The van der Waals surface area contributed by atoms with E-state index in [0.717, 1.165) is 36.1 Å². The lowest BCUT2D eigenvalue weighted by molar-refractivity contribution is 0.0601. The highest BCUT2D eigenvalue weighted by Crippen LogP contribution is 2.36. The van der Waals surface area contributed by atoms with Gasteiger partial charge in [0.2, 0.25) is 0 Å². The van der Waals surface area contributed by atoms with Crippen molar-refractivity contribution in [3.05, 3.63) is 72.1 Å². The zero-order valence-corrected chi connectivity index (χ0v) is 15.2. The van der Waals surface area contributed by atoms with Gasteiger partial charge in [-0.25, -0.2) is 4.39 Å². The van der Waals surface area contributed by atoms with Crippen molar-refractivity contribution < 1.29 is 9.18 Å². The van der Waals surface area contributed by atoms with Crippen LogP contribution in [0.15, 0.2) is 55.0 Å². The topological polar surface area (TPSA) is 51.0 Å². The molecule has 1 fully saturated rings. The largest absolute Gasteiger partial charge is 0.330 e. The molecule has 1 aromatic carbocycles. The van der Waals surface area contributed by atoms with Crippen LogP contribution in [0.3, 0.4) is 0 Å². The van der Waals surface area contributed by atoms with Gasteiger partial charge in [0.15, 0.2) is 0 Å². The number of aryl methyl sites for hydroxylation is 1. The molecule has 27 heavy (non-hydrogen) atoms. The molecule has 0 spiro atoms. The summed E-state index contributed by atoms with van der Waals surface area (Å²) >= 11 is 0. The van der Waals surface area contributed by atoms with Crippen LogP contribution >= 0.6 is 0 Å². The number of hydrogen-bond donors (Lipinski definition) is 0. The van der Waals surface area contributed by atoms with E-state index in [-0.39, 0.29) is 17.5 Å². The molecule has 1 atom stereocenters. The monoisotopic (exact) mass is 364 g/mol. The number of hydrogen-bond acceptors (Lipinski definition) is 3. The van der Waals surface area contributed by atoms with Crippen molar-refractivity contribution in [2.45, 2.75) is 25.3 Å². The van der Waals surface area contributed by atoms with E-state index in [0.29, 0.717) is 6.54 Å². The maximum atomic E-state index is 14.2. The van der Waals surface area contributed by atoms with Gasteiger partial charge in [0, 0.05) is 37.7 Å². The molecule has 4 rings (SSSR count). The predicted molar refractivity (Wildman–Crippen MR) is 100 cm³/mol. The van der Waals surface area contributed by atoms with Crippen LogP contribution in [-0.2, 0) is 7.05 Å². The summed E-state index contributed by atoms with van der Waals surface area (Å²) in [5.41, 5.74) is 2.97. The van der Waals surface area contributed by atoms with E-state index < -0.39 is 5.82 Å². The molecule has 0 bridgehead atoms. The van der Waals surface area contributed by atoms with Crippen LogP contribution < -0.4 is 0 Å². The van der Waals surface area contributed by atoms with Gasteiger partial charge in [-0.1, -0.05) is 12.1 Å². The van der Waals surface area contributed by atoms with E-state index in [1.165, 1.54) is 6.07 Å². The zero-order chi connectivity index (χ0) is 18.8. The summed E-state index contributed by atoms with van der Waals surface area (Å²) in [6.45, 7) is 0.601. The smallest absolute Gasteiger partial charge is 0.257 e. The number of carbonyl (C=O) groups excluding carboxylic acids is 1. The van der Waals surface area contributed by atoms with Gasteiger partial charge in [-0.3, -0.25) is 14.5 Å². The third kappa shape index (κ3) is 3.35. The molecule has 1 saturated heterocycles. The summed E-state index contributed by atoms with van der Waals surface area (Å²) in [7, 11) is 1.88. The molecule has 0 aliphatic carbocycles. The zero-order valence-electron chi connectivity index (χ0n) is 15.2. The summed E-state index contributed by atoms with van der Waals surface area (Å²) in [5, 5.41) is 4.67. The van der Waals surface area contributed by atoms with Crippen LogP contribution in [0.4, 0.5) is 4.39 Å². The van der Waals surface area contributed by atoms with Crippen molar-refractivity contribution >= 4 is 5.91 Å². The normalized spacial score (nSPS) is 17.1. The number of carbonyl (C=O) groups is 1. The van der Waals surface area contributed by atoms with E-state index in [1.807, 2.05) is 25.4 Å². The molecular formula is C21H21FN4O. The first kappa shape index (κ1) is 17.4. The van der Waals surface area contributed by atoms with E-state index >= 15 is 0 Å². The lowest BCUT2D eigenvalue weighted by atomic mass is 9.94. The molecule has 1 amide bonds. The lowest BCUT2D eigenvalue weighted by Crippen LogP contribution is -2.39. The summed E-state index contributed by atoms with van der Waals surface area (Å²) in [6, 6.07) is 9.87. The molecule has 0 unspecified atom stereocenters. The second kappa shape index (κ2) is 7.31. The highest BCUT2D eigenvalue weighted by atomic mass is 19.1. The highest BCUT2D eigenvalue weighted by Gasteiger charge is 2.33. The summed E-state index contributed by atoms with van der Waals surface area (Å²) in [4.78, 5) is 19.0. The van der Waals surface area contributed by atoms with Crippen LogP contribution in [0.1, 0.15) is 41.4 Å². The minimum atomic E-state index is -0.484. The molecule has 0 N–H and O–H groups in total. The minimum absolute atomic E-state index is 0.116. The Morgan fingerprint density at radius 2 is 1.93 bits per heavy atom. The van der Waals surface area contributed by atoms with Crippen molar-refractivity contribution in [3.63, 3.8) is 0 Å². The second-order valence-electron chi connectivity index (χ2n) is 6.83. The van der Waals surface area contributed by atoms with Crippen LogP contribution in [0.25, 0.3) is 11.1 Å². The molecule has 6 heteroatoms. The Bertz CT molecular complexity index is 954. The predicted octanol–water partition coefficient (Wildman–Crippen LogP) is 3.99. The first-order valence-corrected chi connectivity index (χ1v) is 9.14. The number of aromatic nitrogens is 3. The molecular weight excluding hydrogens is 343 g/mol. The summed E-state index contributed by atoms with van der Waals surface area (Å²) < 4.78 is 16.0. The number of benzene rings is 1. The average Bonchev–Trinajstić information content (AvgIpc) is 3.10. The van der Waals surface area contributed by atoms with Crippen molar-refractivity contribution in [2.75, 3.05) is 6.54 Å². The molecule has 3 heterocycles. The van der Waals surface area contributed by atoms with E-state index in [9.17, 15) is 9.18 Å². The number of pyridine rings is 1. The van der Waals surface area contributed by atoms with E-state index in [4.69, 9.17) is 0 Å². The quantitative estimate of drug-likeness (QED) is 0.706. The molecule has 5 nitrogen and oxygen atoms in total. The van der Waals surface area contributed by atoms with Crippen molar-refractivity contribution in [1.29, 1.82) is 0 Å². The number of nitrogens with zero attached hydrogens (tertiary/aromatic N) is 4. The maximum absolute atomic E-state index is 14.2. The number of rotatable bonds is 3. The number of piperidine rings is 1. The number of amides is 1. The van der Waals surface area contributed by atoms with Crippen molar-refractivity contribution in [2.24, 2.45) is 7.05 Å². The molecule has 0 saturated carbocycles. The molecule has 3 aromatic rings. The molecule has 1 aliphatic rings. The fourth-order valence-corrected chi connectivity index (χ4v) is 3.75. The Hall–Kier alpha value is -3.02. The second-order valence-corrected chi connectivity index (χ2v) is 6.83. The number of likely N-dealkylation sites (tertiary alicyclic amines) is 1. The molecule has 1 aliphatic heterocycles. The van der Waals surface area contributed by atoms with Gasteiger partial charge in [-0.15, -0.1) is 0 Å². The number of halogens is 1. The van der Waals surface area contributed by atoms with Gasteiger partial charge in [0.25, 0.3) is 5.91 Å². The highest BCUT2D eigenvalue weighted by molar-refractivity contribution is 5.95. The van der Waals surface area contributed by atoms with Gasteiger partial charge in [0.05, 0.1) is 17.3 Å². The third-order valence-electron chi connectivity index (χ3n) is 5.03. The standard InChI is InChI=1S/C21H21FN4O/c1-25-14-17(15-9-11-23-12-10-15)20(24-25)19-8-4-5-13-26(19)21(27)16-6-2-3-7-18(16)22/h2-3,6-7,9-12,14,19H,4-5,8,13H2,1H3/t19-/m1/s1. The fourth-order valence-electron chi connectivity index (χ4n) is 3.75. The Balaban J connectivity index is 1.74. The van der Waals surface area contributed by atoms with Gasteiger partial charge in [-0.2, -0.15) is 5.10 Å². The Kier molecular flexibility index (Phi) is 4.71. The molecule has 2 aromatic heterocycles. The van der Waals surface area contributed by atoms with Gasteiger partial charge < -0.3 is 4.90 Å². The third-order valence-corrected chi connectivity index (χ3v) is 5.03. The Morgan fingerprint density at radius 3 is 2.70 bits per heavy atom. The molecule has 138 valence electrons. The van der Waals surface area contributed by atoms with Gasteiger partial charge >= 0.3 is 0 Å². The average molecular weight is 364 g/mol. The van der Waals surface area contributed by atoms with Crippen molar-refractivity contribution in [1.82, 2.24) is 19.7 Å². The Labute approximate surface area is 157 Å². The lowest BCUT2D eigenvalue weighted by Gasteiger charge is -2.35. The van der Waals surface area contributed by atoms with Crippen LogP contribution in [-0.4, -0.2) is 32.1 Å². The van der Waals surface area contributed by atoms with Crippen molar-refractivity contribution in [3.8, 4) is 11.1 Å². The maximum Gasteiger partial charge on any atom is 0.257 e. The Morgan fingerprint density at radius 1 is 1.15 bits per heavy atom. The van der Waals surface area contributed by atoms with Gasteiger partial charge in [0.1, 0.15) is 5.82 Å². The molecule has 0 radical (unpaired) electrons. The van der Waals surface area contributed by atoms with Crippen LogP contribution in [0.2, 0.25) is 0 Å². The van der Waals surface area contributed by atoms with E-state index in [1.54, 1.807) is 40.2 Å². The minimum Gasteiger partial charge on any atom is -0.330 e. The van der Waals surface area contributed by atoms with Crippen LogP contribution in [0.5, 0.6) is 0 Å². The summed E-state index contributed by atoms with van der Waals surface area (Å²) in [5.74, 6) is -0.758. The first-order valence-electron chi connectivity index (χ1n) is 9.14. The van der Waals surface area contributed by atoms with Crippen LogP contribution in [0, 0.1) is 5.82 Å². The fraction of sp³-hybridized carbons (Fsp3) is 0.286. The van der Waals surface area contributed by atoms with E-state index in [2.05, 4.69) is 10.1 Å².